The van der Waals surface area contributed by atoms with Crippen molar-refractivity contribution in [1.29, 1.82) is 0 Å². The first-order chi connectivity index (χ1) is 9.11. The summed E-state index contributed by atoms with van der Waals surface area (Å²) >= 11 is 0. The third kappa shape index (κ3) is 4.32. The summed E-state index contributed by atoms with van der Waals surface area (Å²) in [5.41, 5.74) is 7.93. The van der Waals surface area contributed by atoms with Crippen LogP contribution in [0, 0.1) is 5.41 Å². The Morgan fingerprint density at radius 1 is 1.16 bits per heavy atom. The molecule has 2 heteroatoms. The van der Waals surface area contributed by atoms with Gasteiger partial charge < -0.3 is 5.73 Å². The van der Waals surface area contributed by atoms with E-state index < -0.39 is 0 Å². The van der Waals surface area contributed by atoms with Gasteiger partial charge in [-0.25, -0.2) is 0 Å². The molecule has 0 spiro atoms. The van der Waals surface area contributed by atoms with Gasteiger partial charge in [-0.15, -0.1) is 0 Å². The van der Waals surface area contributed by atoms with Crippen molar-refractivity contribution in [2.24, 2.45) is 11.1 Å². The van der Waals surface area contributed by atoms with Crippen molar-refractivity contribution in [1.82, 2.24) is 4.90 Å². The molecule has 1 aliphatic heterocycles. The zero-order valence-electron chi connectivity index (χ0n) is 12.4. The van der Waals surface area contributed by atoms with Crippen molar-refractivity contribution in [3.8, 4) is 0 Å². The fourth-order valence-corrected chi connectivity index (χ4v) is 3.06. The number of hydrogen-bond acceptors (Lipinski definition) is 2. The third-order valence-corrected chi connectivity index (χ3v) is 4.48. The van der Waals surface area contributed by atoms with Crippen LogP contribution in [-0.2, 0) is 6.42 Å². The van der Waals surface area contributed by atoms with E-state index in [1.165, 1.54) is 37.9 Å². The van der Waals surface area contributed by atoms with Gasteiger partial charge in [0.15, 0.2) is 0 Å². The van der Waals surface area contributed by atoms with Gasteiger partial charge in [-0.3, -0.25) is 4.90 Å². The molecule has 1 unspecified atom stereocenters. The fourth-order valence-electron chi connectivity index (χ4n) is 3.06. The molecule has 1 aromatic rings. The summed E-state index contributed by atoms with van der Waals surface area (Å²) in [6.07, 6.45) is 5.01. The molecule has 2 rings (SSSR count). The quantitative estimate of drug-likeness (QED) is 0.901. The van der Waals surface area contributed by atoms with Crippen molar-refractivity contribution in [2.75, 3.05) is 19.6 Å². The largest absolute Gasteiger partial charge is 0.329 e. The molecular weight excluding hydrogens is 232 g/mol. The minimum Gasteiger partial charge on any atom is -0.329 e. The molecule has 106 valence electrons. The highest BCUT2D eigenvalue weighted by Gasteiger charge is 2.26. The number of likely N-dealkylation sites (tertiary alicyclic amines) is 1. The summed E-state index contributed by atoms with van der Waals surface area (Å²) in [4.78, 5) is 2.61. The van der Waals surface area contributed by atoms with E-state index in [1.54, 1.807) is 0 Å². The maximum absolute atomic E-state index is 6.03. The molecule has 0 saturated carbocycles. The summed E-state index contributed by atoms with van der Waals surface area (Å²) in [5.74, 6) is 0. The van der Waals surface area contributed by atoms with Crippen LogP contribution in [0.5, 0.6) is 0 Å². The molecule has 2 nitrogen and oxygen atoms in total. The Balaban J connectivity index is 1.97. The van der Waals surface area contributed by atoms with Crippen LogP contribution in [0.3, 0.4) is 0 Å². The Labute approximate surface area is 118 Å². The SMILES string of the molecule is CC1(C)CCCN(C(CN)Cc2ccccc2)CC1. The van der Waals surface area contributed by atoms with E-state index in [0.29, 0.717) is 11.5 Å². The van der Waals surface area contributed by atoms with E-state index in [2.05, 4.69) is 49.1 Å². The van der Waals surface area contributed by atoms with Gasteiger partial charge in [-0.05, 0) is 49.8 Å². The summed E-state index contributed by atoms with van der Waals surface area (Å²) in [5, 5.41) is 0. The zero-order valence-corrected chi connectivity index (χ0v) is 12.4. The zero-order chi connectivity index (χ0) is 13.7. The second-order valence-electron chi connectivity index (χ2n) is 6.63. The molecule has 0 aromatic heterocycles. The van der Waals surface area contributed by atoms with Crippen LogP contribution in [0.25, 0.3) is 0 Å². The second kappa shape index (κ2) is 6.53. The average Bonchev–Trinajstić information content (AvgIpc) is 2.58. The van der Waals surface area contributed by atoms with Gasteiger partial charge in [0.05, 0.1) is 0 Å². The van der Waals surface area contributed by atoms with Gasteiger partial charge in [0, 0.05) is 12.6 Å². The number of nitrogens with two attached hydrogens (primary N) is 1. The summed E-state index contributed by atoms with van der Waals surface area (Å²) in [6.45, 7) is 7.95. The highest BCUT2D eigenvalue weighted by molar-refractivity contribution is 5.16. The Morgan fingerprint density at radius 2 is 1.89 bits per heavy atom. The van der Waals surface area contributed by atoms with Crippen LogP contribution < -0.4 is 5.73 Å². The van der Waals surface area contributed by atoms with Crippen LogP contribution in [0.4, 0.5) is 0 Å². The first-order valence-electron chi connectivity index (χ1n) is 7.59. The molecule has 1 aromatic carbocycles. The van der Waals surface area contributed by atoms with Crippen LogP contribution in [0.15, 0.2) is 30.3 Å². The monoisotopic (exact) mass is 260 g/mol. The van der Waals surface area contributed by atoms with Gasteiger partial charge in [-0.2, -0.15) is 0 Å². The smallest absolute Gasteiger partial charge is 0.0258 e. The Bertz CT molecular complexity index is 372. The summed E-state index contributed by atoms with van der Waals surface area (Å²) in [7, 11) is 0. The fraction of sp³-hybridized carbons (Fsp3) is 0.647. The van der Waals surface area contributed by atoms with E-state index in [-0.39, 0.29) is 0 Å². The standard InChI is InChI=1S/C17H28N2/c1-17(2)9-6-11-19(12-10-17)16(14-18)13-15-7-4-3-5-8-15/h3-5,7-8,16H,6,9-14,18H2,1-2H3. The first-order valence-corrected chi connectivity index (χ1v) is 7.59. The van der Waals surface area contributed by atoms with E-state index in [0.717, 1.165) is 13.0 Å². The third-order valence-electron chi connectivity index (χ3n) is 4.48. The topological polar surface area (TPSA) is 29.3 Å². The number of benzene rings is 1. The van der Waals surface area contributed by atoms with E-state index in [1.807, 2.05) is 0 Å². The molecule has 0 bridgehead atoms. The van der Waals surface area contributed by atoms with E-state index >= 15 is 0 Å². The minimum absolute atomic E-state index is 0.497. The minimum atomic E-state index is 0.497. The Hall–Kier alpha value is -0.860. The van der Waals surface area contributed by atoms with Gasteiger partial charge in [-0.1, -0.05) is 44.2 Å². The summed E-state index contributed by atoms with van der Waals surface area (Å²) < 4.78 is 0. The number of rotatable bonds is 4. The Morgan fingerprint density at radius 3 is 2.58 bits per heavy atom. The van der Waals surface area contributed by atoms with Crippen molar-refractivity contribution < 1.29 is 0 Å². The highest BCUT2D eigenvalue weighted by Crippen LogP contribution is 2.30. The molecule has 1 saturated heterocycles. The lowest BCUT2D eigenvalue weighted by atomic mass is 9.85. The molecule has 1 fully saturated rings. The molecule has 1 aliphatic rings. The highest BCUT2D eigenvalue weighted by atomic mass is 15.2. The summed E-state index contributed by atoms with van der Waals surface area (Å²) in [6, 6.07) is 11.2. The molecule has 0 amide bonds. The van der Waals surface area contributed by atoms with E-state index in [9.17, 15) is 0 Å². The average molecular weight is 260 g/mol. The van der Waals surface area contributed by atoms with Crippen LogP contribution in [-0.4, -0.2) is 30.6 Å². The molecule has 0 radical (unpaired) electrons. The van der Waals surface area contributed by atoms with Crippen LogP contribution >= 0.6 is 0 Å². The number of nitrogens with zero attached hydrogens (tertiary/aromatic N) is 1. The Kier molecular flexibility index (Phi) is 5.00. The molecular formula is C17H28N2. The van der Waals surface area contributed by atoms with E-state index in [4.69, 9.17) is 5.73 Å². The van der Waals surface area contributed by atoms with Gasteiger partial charge >= 0.3 is 0 Å². The maximum atomic E-state index is 6.03. The van der Waals surface area contributed by atoms with Crippen molar-refractivity contribution in [2.45, 2.75) is 45.6 Å². The van der Waals surface area contributed by atoms with Gasteiger partial charge in [0.2, 0.25) is 0 Å². The molecule has 2 N–H and O–H groups in total. The lowest BCUT2D eigenvalue weighted by molar-refractivity contribution is 0.197. The normalized spacial score (nSPS) is 21.8. The second-order valence-corrected chi connectivity index (χ2v) is 6.63. The lowest BCUT2D eigenvalue weighted by Gasteiger charge is -2.30. The predicted octanol–water partition coefficient (Wildman–Crippen LogP) is 3.07. The molecule has 1 atom stereocenters. The van der Waals surface area contributed by atoms with Crippen molar-refractivity contribution >= 4 is 0 Å². The molecule has 0 aliphatic carbocycles. The predicted molar refractivity (Wildman–Crippen MR) is 82.2 cm³/mol. The van der Waals surface area contributed by atoms with Crippen LogP contribution in [0.1, 0.15) is 38.7 Å². The van der Waals surface area contributed by atoms with Crippen molar-refractivity contribution in [3.63, 3.8) is 0 Å². The first kappa shape index (κ1) is 14.5. The molecule has 1 heterocycles. The van der Waals surface area contributed by atoms with Gasteiger partial charge in [0.1, 0.15) is 0 Å². The number of hydrogen-bond donors (Lipinski definition) is 1. The van der Waals surface area contributed by atoms with Crippen LogP contribution in [0.2, 0.25) is 0 Å². The van der Waals surface area contributed by atoms with Crippen molar-refractivity contribution in [3.05, 3.63) is 35.9 Å². The lowest BCUT2D eigenvalue weighted by Crippen LogP contribution is -2.42. The maximum Gasteiger partial charge on any atom is 0.0258 e. The van der Waals surface area contributed by atoms with Gasteiger partial charge in [0.25, 0.3) is 0 Å². The molecule has 19 heavy (non-hydrogen) atoms.